The van der Waals surface area contributed by atoms with Crippen LogP contribution in [0.15, 0.2) is 12.7 Å². The second-order valence-corrected chi connectivity index (χ2v) is 4.39. The molecule has 1 aliphatic carbocycles. The van der Waals surface area contributed by atoms with Gasteiger partial charge in [0, 0.05) is 6.04 Å². The predicted molar refractivity (Wildman–Crippen MR) is 68.4 cm³/mol. The number of nitrogens with two attached hydrogens (primary N) is 1. The second kappa shape index (κ2) is 5.14. The molecule has 2 aromatic rings. The third-order valence-corrected chi connectivity index (χ3v) is 3.06. The minimum absolute atomic E-state index is 0.293. The van der Waals surface area contributed by atoms with Crippen molar-refractivity contribution in [2.24, 2.45) is 5.84 Å². The zero-order valence-corrected chi connectivity index (χ0v) is 10.3. The monoisotopic (exact) mass is 261 g/mol. The SMILES string of the molecule is NNc1nc(NC2CCCC2)nc(-n2cncn2)n1. The molecule has 4 N–H and O–H groups in total. The van der Waals surface area contributed by atoms with E-state index < -0.39 is 0 Å². The number of nitrogens with one attached hydrogen (secondary N) is 2. The Hall–Kier alpha value is -2.29. The zero-order chi connectivity index (χ0) is 13.1. The molecule has 0 radical (unpaired) electrons. The lowest BCUT2D eigenvalue weighted by atomic mass is 10.3. The van der Waals surface area contributed by atoms with Crippen LogP contribution in [0.2, 0.25) is 0 Å². The summed E-state index contributed by atoms with van der Waals surface area (Å²) in [6, 6.07) is 0.414. The van der Waals surface area contributed by atoms with Crippen LogP contribution in [0, 0.1) is 0 Å². The van der Waals surface area contributed by atoms with Crippen LogP contribution in [0.3, 0.4) is 0 Å². The van der Waals surface area contributed by atoms with Crippen molar-refractivity contribution in [3.8, 4) is 5.95 Å². The highest BCUT2D eigenvalue weighted by Crippen LogP contribution is 2.21. The number of aromatic nitrogens is 6. The third-order valence-electron chi connectivity index (χ3n) is 3.06. The van der Waals surface area contributed by atoms with Gasteiger partial charge in [0.05, 0.1) is 0 Å². The van der Waals surface area contributed by atoms with Crippen LogP contribution in [0.5, 0.6) is 0 Å². The Kier molecular flexibility index (Phi) is 3.19. The molecule has 0 saturated heterocycles. The van der Waals surface area contributed by atoms with Crippen molar-refractivity contribution < 1.29 is 0 Å². The zero-order valence-electron chi connectivity index (χ0n) is 10.3. The van der Waals surface area contributed by atoms with Crippen molar-refractivity contribution in [2.75, 3.05) is 10.7 Å². The van der Waals surface area contributed by atoms with E-state index in [1.54, 1.807) is 0 Å². The first-order valence-electron chi connectivity index (χ1n) is 6.19. The smallest absolute Gasteiger partial charge is 0.258 e. The number of hydrogen-bond acceptors (Lipinski definition) is 8. The topological polar surface area (TPSA) is 119 Å². The van der Waals surface area contributed by atoms with E-state index in [0.29, 0.717) is 23.9 Å². The Balaban J connectivity index is 1.88. The maximum absolute atomic E-state index is 5.37. The van der Waals surface area contributed by atoms with Gasteiger partial charge in [0.1, 0.15) is 12.7 Å². The molecule has 9 nitrogen and oxygen atoms in total. The van der Waals surface area contributed by atoms with E-state index >= 15 is 0 Å². The molecule has 0 atom stereocenters. The molecule has 1 aliphatic rings. The van der Waals surface area contributed by atoms with Gasteiger partial charge in [0.25, 0.3) is 5.95 Å². The van der Waals surface area contributed by atoms with Crippen LogP contribution in [0.1, 0.15) is 25.7 Å². The van der Waals surface area contributed by atoms with Gasteiger partial charge in [-0.1, -0.05) is 12.8 Å². The quantitative estimate of drug-likeness (QED) is 0.523. The molecule has 0 bridgehead atoms. The number of anilines is 2. The maximum atomic E-state index is 5.37. The molecule has 2 heterocycles. The molecule has 2 aromatic heterocycles. The van der Waals surface area contributed by atoms with Crippen LogP contribution in [-0.4, -0.2) is 35.8 Å². The highest BCUT2D eigenvalue weighted by molar-refractivity contribution is 5.37. The van der Waals surface area contributed by atoms with Crippen molar-refractivity contribution in [1.29, 1.82) is 0 Å². The molecule has 1 saturated carbocycles. The molecule has 19 heavy (non-hydrogen) atoms. The molecular formula is C10H15N9. The average molecular weight is 261 g/mol. The first-order chi connectivity index (χ1) is 9.35. The fourth-order valence-electron chi connectivity index (χ4n) is 2.16. The van der Waals surface area contributed by atoms with Gasteiger partial charge in [-0.2, -0.15) is 24.7 Å². The largest absolute Gasteiger partial charge is 0.351 e. The van der Waals surface area contributed by atoms with E-state index in [0.717, 1.165) is 12.8 Å². The fourth-order valence-corrected chi connectivity index (χ4v) is 2.16. The number of nitrogens with zero attached hydrogens (tertiary/aromatic N) is 6. The summed E-state index contributed by atoms with van der Waals surface area (Å²) in [5, 5.41) is 7.29. The Bertz CT molecular complexity index is 532. The first-order valence-corrected chi connectivity index (χ1v) is 6.19. The van der Waals surface area contributed by atoms with Crippen LogP contribution in [0.25, 0.3) is 5.95 Å². The van der Waals surface area contributed by atoms with Crippen LogP contribution < -0.4 is 16.6 Å². The Morgan fingerprint density at radius 1 is 1.16 bits per heavy atom. The Morgan fingerprint density at radius 3 is 2.63 bits per heavy atom. The van der Waals surface area contributed by atoms with Gasteiger partial charge in [-0.15, -0.1) is 0 Å². The lowest BCUT2D eigenvalue weighted by Crippen LogP contribution is -2.20. The van der Waals surface area contributed by atoms with Crippen molar-refractivity contribution in [3.63, 3.8) is 0 Å². The summed E-state index contributed by atoms with van der Waals surface area (Å²) >= 11 is 0. The summed E-state index contributed by atoms with van der Waals surface area (Å²) in [6.07, 6.45) is 7.69. The molecule has 0 unspecified atom stereocenters. The van der Waals surface area contributed by atoms with Gasteiger partial charge in [-0.05, 0) is 12.8 Å². The van der Waals surface area contributed by atoms with Gasteiger partial charge in [0.15, 0.2) is 0 Å². The summed E-state index contributed by atoms with van der Waals surface area (Å²) in [5.41, 5.74) is 2.43. The highest BCUT2D eigenvalue weighted by Gasteiger charge is 2.17. The van der Waals surface area contributed by atoms with Crippen molar-refractivity contribution in [3.05, 3.63) is 12.7 Å². The van der Waals surface area contributed by atoms with E-state index in [2.05, 4.69) is 35.8 Å². The number of hydrogen-bond donors (Lipinski definition) is 3. The summed E-state index contributed by atoms with van der Waals surface area (Å²) < 4.78 is 1.46. The van der Waals surface area contributed by atoms with Crippen molar-refractivity contribution in [1.82, 2.24) is 29.7 Å². The molecule has 3 rings (SSSR count). The standard InChI is InChI=1S/C10H15N9/c11-18-9-15-8(14-7-3-1-2-4-7)16-10(17-9)19-6-12-5-13-19/h5-7H,1-4,11H2,(H2,14,15,16,17,18). The van der Waals surface area contributed by atoms with E-state index in [9.17, 15) is 0 Å². The van der Waals surface area contributed by atoms with Crippen LogP contribution in [-0.2, 0) is 0 Å². The first kappa shape index (κ1) is 11.8. The Morgan fingerprint density at radius 2 is 1.95 bits per heavy atom. The minimum atomic E-state index is 0.293. The van der Waals surface area contributed by atoms with Gasteiger partial charge >= 0.3 is 0 Å². The molecule has 0 aliphatic heterocycles. The number of rotatable bonds is 4. The lowest BCUT2D eigenvalue weighted by molar-refractivity contribution is 0.732. The van der Waals surface area contributed by atoms with Gasteiger partial charge in [-0.3, -0.25) is 5.43 Å². The lowest BCUT2D eigenvalue weighted by Gasteiger charge is -2.12. The van der Waals surface area contributed by atoms with E-state index in [-0.39, 0.29) is 0 Å². The molecular weight excluding hydrogens is 246 g/mol. The van der Waals surface area contributed by atoms with Gasteiger partial charge in [-0.25, -0.2) is 10.8 Å². The molecule has 9 heteroatoms. The average Bonchev–Trinajstić information content (AvgIpc) is 3.11. The van der Waals surface area contributed by atoms with Gasteiger partial charge < -0.3 is 5.32 Å². The maximum Gasteiger partial charge on any atom is 0.258 e. The molecule has 0 amide bonds. The van der Waals surface area contributed by atoms with E-state index in [4.69, 9.17) is 5.84 Å². The normalized spacial score (nSPS) is 15.6. The second-order valence-electron chi connectivity index (χ2n) is 4.39. The van der Waals surface area contributed by atoms with Crippen molar-refractivity contribution >= 4 is 11.9 Å². The summed E-state index contributed by atoms with van der Waals surface area (Å²) in [6.45, 7) is 0. The molecule has 0 aromatic carbocycles. The summed E-state index contributed by atoms with van der Waals surface area (Å²) in [7, 11) is 0. The van der Waals surface area contributed by atoms with E-state index in [1.165, 1.54) is 30.2 Å². The minimum Gasteiger partial charge on any atom is -0.351 e. The molecule has 1 fully saturated rings. The number of hydrazine groups is 1. The summed E-state index contributed by atoms with van der Waals surface area (Å²) in [4.78, 5) is 16.5. The van der Waals surface area contributed by atoms with Crippen LogP contribution >= 0.6 is 0 Å². The van der Waals surface area contributed by atoms with E-state index in [1.807, 2.05) is 0 Å². The fraction of sp³-hybridized carbons (Fsp3) is 0.500. The molecule has 0 spiro atoms. The van der Waals surface area contributed by atoms with Gasteiger partial charge in [0.2, 0.25) is 11.9 Å². The molecule has 100 valence electrons. The van der Waals surface area contributed by atoms with Crippen LogP contribution in [0.4, 0.5) is 11.9 Å². The summed E-state index contributed by atoms with van der Waals surface area (Å²) in [5.74, 6) is 6.54. The Labute approximate surface area is 109 Å². The highest BCUT2D eigenvalue weighted by atomic mass is 15.4. The number of nitrogen functional groups attached to an aromatic ring is 1. The third kappa shape index (κ3) is 2.60. The predicted octanol–water partition coefficient (Wildman–Crippen LogP) is 0.0924. The van der Waals surface area contributed by atoms with Crippen molar-refractivity contribution in [2.45, 2.75) is 31.7 Å².